The third-order valence-corrected chi connectivity index (χ3v) is 4.95. The topological polar surface area (TPSA) is 84.6 Å². The third-order valence-electron chi connectivity index (χ3n) is 4.95. The summed E-state index contributed by atoms with van der Waals surface area (Å²) < 4.78 is 19.0. The Morgan fingerprint density at radius 1 is 1.36 bits per heavy atom. The average Bonchev–Trinajstić information content (AvgIpc) is 3.10. The van der Waals surface area contributed by atoms with E-state index in [0.717, 1.165) is 36.6 Å². The van der Waals surface area contributed by atoms with Gasteiger partial charge in [-0.1, -0.05) is 12.1 Å². The van der Waals surface area contributed by atoms with Crippen LogP contribution in [0.1, 0.15) is 28.3 Å². The highest BCUT2D eigenvalue weighted by molar-refractivity contribution is 5.90. The van der Waals surface area contributed by atoms with Gasteiger partial charge in [-0.3, -0.25) is 4.79 Å². The molecular formula is C20H26FN5O2. The van der Waals surface area contributed by atoms with Crippen molar-refractivity contribution < 1.29 is 13.9 Å². The van der Waals surface area contributed by atoms with Crippen LogP contribution in [-0.2, 0) is 0 Å². The first-order chi connectivity index (χ1) is 13.4. The van der Waals surface area contributed by atoms with Crippen LogP contribution in [0.15, 0.2) is 24.3 Å². The summed E-state index contributed by atoms with van der Waals surface area (Å²) in [6, 6.07) is 6.30. The van der Waals surface area contributed by atoms with Gasteiger partial charge in [0.15, 0.2) is 11.6 Å². The molecule has 2 N–H and O–H groups in total. The Hall–Kier alpha value is -2.74. The Morgan fingerprint density at radius 3 is 2.79 bits per heavy atom. The first kappa shape index (κ1) is 20.0. The van der Waals surface area contributed by atoms with Gasteiger partial charge in [-0.25, -0.2) is 14.4 Å². The van der Waals surface area contributed by atoms with E-state index in [1.165, 1.54) is 11.0 Å². The molecule has 0 radical (unpaired) electrons. The monoisotopic (exact) mass is 387 g/mol. The molecule has 7 nitrogen and oxygen atoms in total. The number of benzene rings is 1. The molecule has 1 fully saturated rings. The summed E-state index contributed by atoms with van der Waals surface area (Å²) in [6.45, 7) is 5.81. The number of amides is 1. The number of likely N-dealkylation sites (N-methyl/N-ethyl adjacent to an activating group) is 1. The molecule has 2 aromatic rings. The van der Waals surface area contributed by atoms with Crippen LogP contribution in [0.2, 0.25) is 0 Å². The normalized spacial score (nSPS) is 16.3. The van der Waals surface area contributed by atoms with E-state index in [1.54, 1.807) is 25.2 Å². The lowest BCUT2D eigenvalue weighted by molar-refractivity contribution is 0.0760. The van der Waals surface area contributed by atoms with Crippen LogP contribution in [0.4, 0.5) is 10.2 Å². The number of carbonyl (C=O) groups excluding carboxylic acids is 1. The lowest BCUT2D eigenvalue weighted by Crippen LogP contribution is -2.33. The molecule has 1 aromatic heterocycles. The van der Waals surface area contributed by atoms with Crippen molar-refractivity contribution in [3.8, 4) is 5.75 Å². The summed E-state index contributed by atoms with van der Waals surface area (Å²) in [5, 5.41) is 0. The number of aromatic nitrogens is 2. The van der Waals surface area contributed by atoms with E-state index in [2.05, 4.69) is 14.9 Å². The number of anilines is 1. The van der Waals surface area contributed by atoms with Gasteiger partial charge in [0, 0.05) is 37.4 Å². The highest BCUT2D eigenvalue weighted by Gasteiger charge is 2.25. The fourth-order valence-corrected chi connectivity index (χ4v) is 3.12. The third kappa shape index (κ3) is 4.39. The number of nitrogens with zero attached hydrogens (tertiary/aromatic N) is 4. The van der Waals surface area contributed by atoms with Crippen LogP contribution in [-0.4, -0.2) is 60.1 Å². The summed E-state index contributed by atoms with van der Waals surface area (Å²) in [5.74, 6) is 0.345. The second kappa shape index (κ2) is 8.52. The van der Waals surface area contributed by atoms with Crippen molar-refractivity contribution in [2.24, 2.45) is 5.73 Å². The fraction of sp³-hybridized carbons (Fsp3) is 0.450. The lowest BCUT2D eigenvalue weighted by atomic mass is 10.2. The molecule has 1 aromatic carbocycles. The lowest BCUT2D eigenvalue weighted by Gasteiger charge is -2.22. The zero-order chi connectivity index (χ0) is 20.3. The van der Waals surface area contributed by atoms with Crippen molar-refractivity contribution in [2.45, 2.75) is 26.3 Å². The minimum Gasteiger partial charge on any atom is -0.489 e. The molecule has 1 amide bonds. The first-order valence-corrected chi connectivity index (χ1v) is 9.35. The van der Waals surface area contributed by atoms with Gasteiger partial charge >= 0.3 is 0 Å². The number of ether oxygens (including phenoxy) is 1. The Kier molecular flexibility index (Phi) is 6.08. The van der Waals surface area contributed by atoms with Gasteiger partial charge in [0.2, 0.25) is 5.82 Å². The number of para-hydroxylation sites is 1. The zero-order valence-electron chi connectivity index (χ0n) is 16.5. The quantitative estimate of drug-likeness (QED) is 0.815. The maximum Gasteiger partial charge on any atom is 0.291 e. The smallest absolute Gasteiger partial charge is 0.291 e. The molecule has 1 atom stereocenters. The van der Waals surface area contributed by atoms with Crippen molar-refractivity contribution in [1.82, 2.24) is 14.9 Å². The summed E-state index contributed by atoms with van der Waals surface area (Å²) in [6.07, 6.45) is 0.902. The van der Waals surface area contributed by atoms with Gasteiger partial charge < -0.3 is 20.3 Å². The molecule has 28 heavy (non-hydrogen) atoms. The fourth-order valence-electron chi connectivity index (χ4n) is 3.12. The highest BCUT2D eigenvalue weighted by Crippen LogP contribution is 2.23. The van der Waals surface area contributed by atoms with E-state index in [9.17, 15) is 9.18 Å². The van der Waals surface area contributed by atoms with Gasteiger partial charge in [-0.2, -0.15) is 0 Å². The SMILES string of the molecule is Cc1nc(C(=O)N(C)CCOc2ccccc2F)nc(N2CC[C@@H](N)C2)c1C. The van der Waals surface area contributed by atoms with E-state index in [-0.39, 0.29) is 36.7 Å². The van der Waals surface area contributed by atoms with Crippen molar-refractivity contribution in [1.29, 1.82) is 0 Å². The first-order valence-electron chi connectivity index (χ1n) is 9.35. The number of rotatable bonds is 6. The maximum absolute atomic E-state index is 13.6. The van der Waals surface area contributed by atoms with Crippen LogP contribution >= 0.6 is 0 Å². The van der Waals surface area contributed by atoms with Crippen molar-refractivity contribution in [2.75, 3.05) is 38.2 Å². The van der Waals surface area contributed by atoms with E-state index in [4.69, 9.17) is 10.5 Å². The molecule has 1 aliphatic rings. The average molecular weight is 387 g/mol. The van der Waals surface area contributed by atoms with E-state index in [1.807, 2.05) is 13.8 Å². The zero-order valence-corrected chi connectivity index (χ0v) is 16.5. The van der Waals surface area contributed by atoms with E-state index >= 15 is 0 Å². The van der Waals surface area contributed by atoms with Gasteiger partial charge in [0.25, 0.3) is 5.91 Å². The molecule has 0 aliphatic carbocycles. The predicted octanol–water partition coefficient (Wildman–Crippen LogP) is 1.92. The van der Waals surface area contributed by atoms with Crippen molar-refractivity contribution >= 4 is 11.7 Å². The highest BCUT2D eigenvalue weighted by atomic mass is 19.1. The standard InChI is InChI=1S/C20H26FN5O2/c1-13-14(2)23-18(24-19(13)26-9-8-15(22)12-26)20(27)25(3)10-11-28-17-7-5-4-6-16(17)21/h4-7,15H,8-12,22H2,1-3H3/t15-/m1/s1. The second-order valence-corrected chi connectivity index (χ2v) is 7.08. The molecule has 0 bridgehead atoms. The molecular weight excluding hydrogens is 361 g/mol. The second-order valence-electron chi connectivity index (χ2n) is 7.08. The molecule has 0 saturated carbocycles. The van der Waals surface area contributed by atoms with E-state index < -0.39 is 5.82 Å². The van der Waals surface area contributed by atoms with Crippen LogP contribution in [0.25, 0.3) is 0 Å². The molecule has 2 heterocycles. The number of carbonyl (C=O) groups is 1. The van der Waals surface area contributed by atoms with Crippen LogP contribution < -0.4 is 15.4 Å². The number of hydrogen-bond donors (Lipinski definition) is 1. The molecule has 3 rings (SSSR count). The Bertz CT molecular complexity index is 860. The number of hydrogen-bond acceptors (Lipinski definition) is 6. The van der Waals surface area contributed by atoms with Gasteiger partial charge in [-0.05, 0) is 32.4 Å². The Morgan fingerprint density at radius 2 is 2.11 bits per heavy atom. The number of aryl methyl sites for hydroxylation is 1. The maximum atomic E-state index is 13.6. The Balaban J connectivity index is 1.67. The Labute approximate surface area is 164 Å². The molecule has 0 unspecified atom stereocenters. The number of halogens is 1. The summed E-state index contributed by atoms with van der Waals surface area (Å²) >= 11 is 0. The van der Waals surface area contributed by atoms with Crippen molar-refractivity contribution in [3.63, 3.8) is 0 Å². The van der Waals surface area contributed by atoms with Crippen LogP contribution in [0.3, 0.4) is 0 Å². The van der Waals surface area contributed by atoms with Crippen LogP contribution in [0.5, 0.6) is 5.75 Å². The number of nitrogens with two attached hydrogens (primary N) is 1. The summed E-state index contributed by atoms with van der Waals surface area (Å²) in [5.41, 5.74) is 7.73. The molecule has 0 spiro atoms. The molecule has 150 valence electrons. The minimum absolute atomic E-state index is 0.118. The molecule has 8 heteroatoms. The van der Waals surface area contributed by atoms with E-state index in [0.29, 0.717) is 0 Å². The summed E-state index contributed by atoms with van der Waals surface area (Å²) in [7, 11) is 1.65. The minimum atomic E-state index is -0.428. The van der Waals surface area contributed by atoms with Gasteiger partial charge in [0.1, 0.15) is 12.4 Å². The molecule has 1 aliphatic heterocycles. The summed E-state index contributed by atoms with van der Waals surface area (Å²) in [4.78, 5) is 25.2. The largest absolute Gasteiger partial charge is 0.489 e. The van der Waals surface area contributed by atoms with Crippen molar-refractivity contribution in [3.05, 3.63) is 47.2 Å². The van der Waals surface area contributed by atoms with Crippen LogP contribution in [0, 0.1) is 19.7 Å². The van der Waals surface area contributed by atoms with Gasteiger partial charge in [0.05, 0.1) is 6.54 Å². The molecule has 1 saturated heterocycles. The predicted molar refractivity (Wildman–Crippen MR) is 105 cm³/mol. The van der Waals surface area contributed by atoms with Gasteiger partial charge in [-0.15, -0.1) is 0 Å².